The second-order valence-corrected chi connectivity index (χ2v) is 6.90. The van der Waals surface area contributed by atoms with Crippen molar-refractivity contribution in [1.29, 1.82) is 5.26 Å². The van der Waals surface area contributed by atoms with Gasteiger partial charge in [0.1, 0.15) is 11.7 Å². The van der Waals surface area contributed by atoms with E-state index in [4.69, 9.17) is 6.42 Å². The van der Waals surface area contributed by atoms with Gasteiger partial charge in [-0.15, -0.1) is 6.42 Å². The van der Waals surface area contributed by atoms with E-state index in [2.05, 4.69) is 31.8 Å². The van der Waals surface area contributed by atoms with Crippen molar-refractivity contribution in [2.45, 2.75) is 31.3 Å². The maximum Gasteiger partial charge on any atom is 0.271 e. The number of nitrogens with zero attached hydrogens (tertiary/aromatic N) is 4. The molecule has 1 fully saturated rings. The number of carbonyl (C=O) groups excluding carboxylic acids is 4. The SMILES string of the molecule is C#CC(C(=O)N[C@H](C#N)C[C@@H]1CCCNC1=O)N(C)C(=O)CNC(=O)c1cnccn1. The number of rotatable bonds is 8. The van der Waals surface area contributed by atoms with E-state index in [9.17, 15) is 24.4 Å². The molecule has 0 saturated carbocycles. The number of nitriles is 1. The Hall–Kier alpha value is -3.99. The van der Waals surface area contributed by atoms with Gasteiger partial charge in [0.15, 0.2) is 6.04 Å². The van der Waals surface area contributed by atoms with E-state index >= 15 is 0 Å². The molecule has 0 aliphatic carbocycles. The van der Waals surface area contributed by atoms with Gasteiger partial charge in [-0.3, -0.25) is 24.2 Å². The monoisotopic (exact) mass is 425 g/mol. The van der Waals surface area contributed by atoms with Crippen LogP contribution in [0.15, 0.2) is 18.6 Å². The third-order valence-corrected chi connectivity index (χ3v) is 4.77. The first-order valence-electron chi connectivity index (χ1n) is 9.61. The highest BCUT2D eigenvalue weighted by molar-refractivity contribution is 5.96. The molecule has 11 heteroatoms. The minimum atomic E-state index is -1.29. The third kappa shape index (κ3) is 6.51. The zero-order valence-corrected chi connectivity index (χ0v) is 17.0. The van der Waals surface area contributed by atoms with E-state index in [-0.39, 0.29) is 23.9 Å². The summed E-state index contributed by atoms with van der Waals surface area (Å²) in [6.45, 7) is 0.180. The number of terminal acetylenes is 1. The van der Waals surface area contributed by atoms with E-state index < -0.39 is 36.3 Å². The Kier molecular flexibility index (Phi) is 8.46. The molecule has 11 nitrogen and oxygen atoms in total. The summed E-state index contributed by atoms with van der Waals surface area (Å²) in [6.07, 6.45) is 11.0. The summed E-state index contributed by atoms with van der Waals surface area (Å²) in [6, 6.07) is -0.275. The highest BCUT2D eigenvalue weighted by atomic mass is 16.2. The van der Waals surface area contributed by atoms with Crippen molar-refractivity contribution in [2.24, 2.45) is 5.92 Å². The molecule has 1 saturated heterocycles. The van der Waals surface area contributed by atoms with Crippen LogP contribution >= 0.6 is 0 Å². The van der Waals surface area contributed by atoms with Crippen molar-refractivity contribution in [3.63, 3.8) is 0 Å². The zero-order valence-electron chi connectivity index (χ0n) is 17.0. The van der Waals surface area contributed by atoms with Crippen LogP contribution in [-0.2, 0) is 14.4 Å². The van der Waals surface area contributed by atoms with Crippen LogP contribution in [0, 0.1) is 29.6 Å². The molecule has 0 bridgehead atoms. The van der Waals surface area contributed by atoms with Gasteiger partial charge in [0, 0.05) is 31.9 Å². The molecule has 162 valence electrons. The molecule has 0 spiro atoms. The molecule has 31 heavy (non-hydrogen) atoms. The Morgan fingerprint density at radius 1 is 1.42 bits per heavy atom. The molecule has 2 heterocycles. The lowest BCUT2D eigenvalue weighted by atomic mass is 9.92. The van der Waals surface area contributed by atoms with Crippen LogP contribution in [0.2, 0.25) is 0 Å². The van der Waals surface area contributed by atoms with E-state index in [0.29, 0.717) is 13.0 Å². The fraction of sp³-hybridized carbons (Fsp3) is 0.450. The van der Waals surface area contributed by atoms with E-state index in [0.717, 1.165) is 11.3 Å². The summed E-state index contributed by atoms with van der Waals surface area (Å²) in [7, 11) is 1.32. The number of hydrogen-bond donors (Lipinski definition) is 3. The lowest BCUT2D eigenvalue weighted by Crippen LogP contribution is -2.52. The van der Waals surface area contributed by atoms with Gasteiger partial charge in [0.25, 0.3) is 11.8 Å². The maximum absolute atomic E-state index is 12.6. The van der Waals surface area contributed by atoms with Gasteiger partial charge in [0.05, 0.1) is 18.8 Å². The minimum absolute atomic E-state index is 0.0350. The Labute approximate surface area is 179 Å². The van der Waals surface area contributed by atoms with Crippen LogP contribution < -0.4 is 16.0 Å². The molecule has 0 radical (unpaired) electrons. The first-order valence-corrected chi connectivity index (χ1v) is 9.61. The minimum Gasteiger partial charge on any atom is -0.356 e. The van der Waals surface area contributed by atoms with Crippen molar-refractivity contribution >= 4 is 23.6 Å². The van der Waals surface area contributed by atoms with Crippen LogP contribution in [-0.4, -0.2) is 70.7 Å². The number of carbonyl (C=O) groups is 4. The lowest BCUT2D eigenvalue weighted by Gasteiger charge is -2.26. The predicted octanol–water partition coefficient (Wildman–Crippen LogP) is -1.41. The average Bonchev–Trinajstić information content (AvgIpc) is 2.79. The fourth-order valence-corrected chi connectivity index (χ4v) is 3.03. The van der Waals surface area contributed by atoms with Crippen LogP contribution in [0.1, 0.15) is 29.8 Å². The number of likely N-dealkylation sites (N-methyl/N-ethyl adjacent to an activating group) is 1. The van der Waals surface area contributed by atoms with Crippen molar-refractivity contribution in [2.75, 3.05) is 20.1 Å². The Balaban J connectivity index is 1.91. The molecule has 1 aromatic heterocycles. The first-order chi connectivity index (χ1) is 14.9. The molecule has 4 amide bonds. The largest absolute Gasteiger partial charge is 0.356 e. The quantitative estimate of drug-likeness (QED) is 0.432. The summed E-state index contributed by atoms with van der Waals surface area (Å²) >= 11 is 0. The second-order valence-electron chi connectivity index (χ2n) is 6.90. The van der Waals surface area contributed by atoms with Gasteiger partial charge >= 0.3 is 0 Å². The standard InChI is InChI=1S/C20H23N7O4/c1-3-16(20(31)26-14(10-21)9-13-5-4-6-24-18(13)29)27(2)17(28)12-25-19(30)15-11-22-7-8-23-15/h1,7-8,11,13-14,16H,4-6,9,12H2,2H3,(H,24,29)(H,25,30)(H,26,31)/t13-,14-,16?/m0/s1. The summed E-state index contributed by atoms with van der Waals surface area (Å²) in [5.41, 5.74) is 0.0350. The van der Waals surface area contributed by atoms with Gasteiger partial charge in [-0.2, -0.15) is 5.26 Å². The zero-order chi connectivity index (χ0) is 22.8. The molecule has 3 atom stereocenters. The predicted molar refractivity (Wildman–Crippen MR) is 108 cm³/mol. The highest BCUT2D eigenvalue weighted by Crippen LogP contribution is 2.17. The fourth-order valence-electron chi connectivity index (χ4n) is 3.03. The van der Waals surface area contributed by atoms with Crippen molar-refractivity contribution < 1.29 is 19.2 Å². The molecule has 0 aromatic carbocycles. The Morgan fingerprint density at radius 3 is 2.81 bits per heavy atom. The molecule has 1 aliphatic heterocycles. The van der Waals surface area contributed by atoms with Crippen molar-refractivity contribution in [3.05, 3.63) is 24.3 Å². The maximum atomic E-state index is 12.6. The number of piperidine rings is 1. The van der Waals surface area contributed by atoms with Gasteiger partial charge in [-0.1, -0.05) is 5.92 Å². The summed E-state index contributed by atoms with van der Waals surface area (Å²) in [5, 5.41) is 17.0. The number of amides is 4. The Morgan fingerprint density at radius 2 is 2.19 bits per heavy atom. The van der Waals surface area contributed by atoms with Gasteiger partial charge in [-0.05, 0) is 19.3 Å². The second kappa shape index (κ2) is 11.3. The lowest BCUT2D eigenvalue weighted by molar-refractivity contribution is -0.136. The van der Waals surface area contributed by atoms with E-state index in [1.807, 2.05) is 6.07 Å². The van der Waals surface area contributed by atoms with Crippen molar-refractivity contribution in [3.8, 4) is 18.4 Å². The van der Waals surface area contributed by atoms with Crippen LogP contribution in [0.3, 0.4) is 0 Å². The van der Waals surface area contributed by atoms with Crippen LogP contribution in [0.25, 0.3) is 0 Å². The van der Waals surface area contributed by atoms with E-state index in [1.54, 1.807) is 0 Å². The first kappa shape index (κ1) is 23.3. The summed E-state index contributed by atoms with van der Waals surface area (Å²) < 4.78 is 0. The molecule has 2 rings (SSSR count). The van der Waals surface area contributed by atoms with Crippen LogP contribution in [0.4, 0.5) is 0 Å². The average molecular weight is 425 g/mol. The molecular weight excluding hydrogens is 402 g/mol. The molecular formula is C20H23N7O4. The third-order valence-electron chi connectivity index (χ3n) is 4.77. The van der Waals surface area contributed by atoms with Crippen molar-refractivity contribution in [1.82, 2.24) is 30.8 Å². The highest BCUT2D eigenvalue weighted by Gasteiger charge is 2.30. The molecule has 3 N–H and O–H groups in total. The number of hydrogen-bond acceptors (Lipinski definition) is 7. The van der Waals surface area contributed by atoms with E-state index in [1.165, 1.54) is 25.6 Å². The Bertz CT molecular complexity index is 906. The topological polar surface area (TPSA) is 157 Å². The smallest absolute Gasteiger partial charge is 0.271 e. The van der Waals surface area contributed by atoms with Gasteiger partial charge < -0.3 is 20.9 Å². The van der Waals surface area contributed by atoms with Gasteiger partial charge in [-0.25, -0.2) is 4.98 Å². The molecule has 1 aliphatic rings. The van der Waals surface area contributed by atoms with Crippen LogP contribution in [0.5, 0.6) is 0 Å². The summed E-state index contributed by atoms with van der Waals surface area (Å²) in [4.78, 5) is 57.4. The van der Waals surface area contributed by atoms with Gasteiger partial charge in [0.2, 0.25) is 11.8 Å². The molecule has 1 aromatic rings. The number of aromatic nitrogens is 2. The molecule has 1 unspecified atom stereocenters. The number of nitrogens with one attached hydrogen (secondary N) is 3. The normalized spacial score (nSPS) is 17.1. The summed E-state index contributed by atoms with van der Waals surface area (Å²) in [5.74, 6) is -0.257.